The molecule has 4 heteroatoms. The van der Waals surface area contributed by atoms with Gasteiger partial charge >= 0.3 is 0 Å². The van der Waals surface area contributed by atoms with Crippen LogP contribution in [0.1, 0.15) is 31.0 Å². The Bertz CT molecular complexity index is 934. The predicted molar refractivity (Wildman–Crippen MR) is 98.6 cm³/mol. The quantitative estimate of drug-likeness (QED) is 0.566. The number of hydrogen-bond acceptors (Lipinski definition) is 2. The largest absolute Gasteiger partial charge is 0.305 e. The number of fused-ring (bicyclic) bond motifs is 1. The lowest BCUT2D eigenvalue weighted by Crippen LogP contribution is -2.01. The van der Waals surface area contributed by atoms with Gasteiger partial charge in [0.2, 0.25) is 0 Å². The van der Waals surface area contributed by atoms with Crippen molar-refractivity contribution in [2.75, 3.05) is 0 Å². The lowest BCUT2D eigenvalue weighted by molar-refractivity contribution is 0.628. The van der Waals surface area contributed by atoms with E-state index in [1.54, 1.807) is 12.1 Å². The van der Waals surface area contributed by atoms with Crippen molar-refractivity contribution >= 4 is 28.2 Å². The summed E-state index contributed by atoms with van der Waals surface area (Å²) in [6, 6.07) is 12.6. The fraction of sp³-hybridized carbons (Fsp3) is 0.200. The van der Waals surface area contributed by atoms with Crippen LogP contribution in [0.25, 0.3) is 22.0 Å². The SMILES string of the molecule is CCCC(=N)c1cc(C)nc2cc(-c3ccc(F)c(Cl)c3)ccc12. The van der Waals surface area contributed by atoms with Crippen molar-refractivity contribution in [2.24, 2.45) is 0 Å². The summed E-state index contributed by atoms with van der Waals surface area (Å²) < 4.78 is 13.4. The highest BCUT2D eigenvalue weighted by Gasteiger charge is 2.10. The molecule has 0 saturated carbocycles. The molecule has 0 aliphatic rings. The molecule has 1 aromatic heterocycles. The summed E-state index contributed by atoms with van der Waals surface area (Å²) in [7, 11) is 0. The number of nitrogens with one attached hydrogen (secondary N) is 1. The van der Waals surface area contributed by atoms with Crippen molar-refractivity contribution in [3.8, 4) is 11.1 Å². The van der Waals surface area contributed by atoms with Crippen LogP contribution in [0, 0.1) is 18.2 Å². The predicted octanol–water partition coefficient (Wildman–Crippen LogP) is 6.17. The van der Waals surface area contributed by atoms with E-state index < -0.39 is 5.82 Å². The second kappa shape index (κ2) is 6.70. The molecule has 122 valence electrons. The number of aryl methyl sites for hydroxylation is 1. The Morgan fingerprint density at radius 1 is 1.12 bits per heavy atom. The summed E-state index contributed by atoms with van der Waals surface area (Å²) >= 11 is 5.89. The molecule has 0 bridgehead atoms. The summed E-state index contributed by atoms with van der Waals surface area (Å²) in [5.74, 6) is -0.425. The second-order valence-corrected chi connectivity index (χ2v) is 6.31. The molecule has 1 heterocycles. The summed E-state index contributed by atoms with van der Waals surface area (Å²) in [4.78, 5) is 4.60. The fourth-order valence-corrected chi connectivity index (χ4v) is 3.03. The minimum Gasteiger partial charge on any atom is -0.305 e. The van der Waals surface area contributed by atoms with Gasteiger partial charge in [-0.1, -0.05) is 43.1 Å². The molecule has 3 aromatic rings. The van der Waals surface area contributed by atoms with E-state index in [4.69, 9.17) is 17.0 Å². The van der Waals surface area contributed by atoms with Crippen molar-refractivity contribution in [3.63, 3.8) is 0 Å². The maximum atomic E-state index is 13.4. The van der Waals surface area contributed by atoms with Crippen LogP contribution in [0.5, 0.6) is 0 Å². The molecule has 0 aliphatic heterocycles. The normalized spacial score (nSPS) is 11.0. The number of nitrogens with zero attached hydrogens (tertiary/aromatic N) is 1. The molecule has 0 fully saturated rings. The number of hydrogen-bond donors (Lipinski definition) is 1. The van der Waals surface area contributed by atoms with E-state index in [1.165, 1.54) is 6.07 Å². The average molecular weight is 341 g/mol. The van der Waals surface area contributed by atoms with E-state index in [2.05, 4.69) is 11.9 Å². The van der Waals surface area contributed by atoms with Crippen LogP contribution >= 0.6 is 11.6 Å². The first-order chi connectivity index (χ1) is 11.5. The molecule has 24 heavy (non-hydrogen) atoms. The first-order valence-corrected chi connectivity index (χ1v) is 8.32. The van der Waals surface area contributed by atoms with E-state index in [-0.39, 0.29) is 5.02 Å². The topological polar surface area (TPSA) is 36.7 Å². The maximum Gasteiger partial charge on any atom is 0.141 e. The van der Waals surface area contributed by atoms with Crippen LogP contribution < -0.4 is 0 Å². The second-order valence-electron chi connectivity index (χ2n) is 5.90. The van der Waals surface area contributed by atoms with Gasteiger partial charge in [-0.3, -0.25) is 4.98 Å². The highest BCUT2D eigenvalue weighted by atomic mass is 35.5. The highest BCUT2D eigenvalue weighted by molar-refractivity contribution is 6.31. The van der Waals surface area contributed by atoms with Gasteiger partial charge in [0.15, 0.2) is 0 Å². The summed E-state index contributed by atoms with van der Waals surface area (Å²) in [6.45, 7) is 4.00. The van der Waals surface area contributed by atoms with Gasteiger partial charge in [-0.2, -0.15) is 0 Å². The summed E-state index contributed by atoms with van der Waals surface area (Å²) in [6.07, 6.45) is 1.68. The minimum atomic E-state index is -0.425. The molecule has 0 spiro atoms. The zero-order chi connectivity index (χ0) is 17.3. The molecular formula is C20H18ClFN2. The molecule has 0 amide bonds. The van der Waals surface area contributed by atoms with Crippen LogP contribution in [0.15, 0.2) is 42.5 Å². The monoisotopic (exact) mass is 340 g/mol. The first kappa shape index (κ1) is 16.6. The Hall–Kier alpha value is -2.26. The van der Waals surface area contributed by atoms with Gasteiger partial charge in [0.05, 0.1) is 10.5 Å². The highest BCUT2D eigenvalue weighted by Crippen LogP contribution is 2.29. The Morgan fingerprint density at radius 3 is 2.54 bits per heavy atom. The third-order valence-corrected chi connectivity index (χ3v) is 4.31. The van der Waals surface area contributed by atoms with Crippen LogP contribution in [0.4, 0.5) is 4.39 Å². The van der Waals surface area contributed by atoms with E-state index >= 15 is 0 Å². The van der Waals surface area contributed by atoms with Crippen molar-refractivity contribution < 1.29 is 4.39 Å². The average Bonchev–Trinajstić information content (AvgIpc) is 2.56. The lowest BCUT2D eigenvalue weighted by Gasteiger charge is -2.11. The zero-order valence-electron chi connectivity index (χ0n) is 13.7. The fourth-order valence-electron chi connectivity index (χ4n) is 2.85. The summed E-state index contributed by atoms with van der Waals surface area (Å²) in [5, 5.41) is 9.37. The zero-order valence-corrected chi connectivity index (χ0v) is 14.4. The Balaban J connectivity index is 2.14. The van der Waals surface area contributed by atoms with E-state index in [1.807, 2.05) is 31.2 Å². The third-order valence-electron chi connectivity index (χ3n) is 4.02. The standard InChI is InChI=1S/C20H18ClFN2/c1-3-4-19(23)16-9-12(2)24-20-11-14(5-7-15(16)20)13-6-8-18(22)17(21)10-13/h5-11,23H,3-4H2,1-2H3. The molecule has 0 aliphatic carbocycles. The van der Waals surface area contributed by atoms with Gasteiger partial charge in [-0.15, -0.1) is 0 Å². The molecule has 2 nitrogen and oxygen atoms in total. The van der Waals surface area contributed by atoms with Gasteiger partial charge in [0.25, 0.3) is 0 Å². The van der Waals surface area contributed by atoms with Crippen LogP contribution in [-0.2, 0) is 0 Å². The molecule has 0 radical (unpaired) electrons. The van der Waals surface area contributed by atoms with E-state index in [0.717, 1.165) is 46.1 Å². The molecule has 1 N–H and O–H groups in total. The molecule has 0 saturated heterocycles. The molecule has 3 rings (SSSR count). The Kier molecular flexibility index (Phi) is 4.63. The number of rotatable bonds is 4. The van der Waals surface area contributed by atoms with Crippen LogP contribution in [0.2, 0.25) is 5.02 Å². The Labute approximate surface area is 145 Å². The minimum absolute atomic E-state index is 0.107. The Morgan fingerprint density at radius 2 is 1.83 bits per heavy atom. The number of pyridine rings is 1. The van der Waals surface area contributed by atoms with Crippen molar-refractivity contribution in [1.82, 2.24) is 4.98 Å². The van der Waals surface area contributed by atoms with Crippen LogP contribution in [0.3, 0.4) is 0 Å². The smallest absolute Gasteiger partial charge is 0.141 e. The first-order valence-electron chi connectivity index (χ1n) is 7.94. The van der Waals surface area contributed by atoms with Crippen molar-refractivity contribution in [1.29, 1.82) is 5.41 Å². The molecular weight excluding hydrogens is 323 g/mol. The number of aromatic nitrogens is 1. The molecule has 0 unspecified atom stereocenters. The van der Waals surface area contributed by atoms with Crippen molar-refractivity contribution in [2.45, 2.75) is 26.7 Å². The van der Waals surface area contributed by atoms with E-state index in [9.17, 15) is 4.39 Å². The van der Waals surface area contributed by atoms with E-state index in [0.29, 0.717) is 5.71 Å². The number of benzene rings is 2. The number of halogens is 2. The van der Waals surface area contributed by atoms with Gasteiger partial charge in [0.1, 0.15) is 5.82 Å². The summed E-state index contributed by atoms with van der Waals surface area (Å²) in [5.41, 5.74) is 5.05. The third kappa shape index (κ3) is 3.17. The molecule has 0 atom stereocenters. The lowest BCUT2D eigenvalue weighted by atomic mass is 9.97. The molecule has 2 aromatic carbocycles. The van der Waals surface area contributed by atoms with Gasteiger partial charge in [-0.25, -0.2) is 4.39 Å². The van der Waals surface area contributed by atoms with Crippen molar-refractivity contribution in [3.05, 3.63) is 64.6 Å². The van der Waals surface area contributed by atoms with Gasteiger partial charge in [0, 0.05) is 22.4 Å². The van der Waals surface area contributed by atoms with Gasteiger partial charge < -0.3 is 5.41 Å². The maximum absolute atomic E-state index is 13.4. The van der Waals surface area contributed by atoms with Crippen LogP contribution in [-0.4, -0.2) is 10.7 Å². The van der Waals surface area contributed by atoms with Gasteiger partial charge in [-0.05, 0) is 48.7 Å².